The van der Waals surface area contributed by atoms with Crippen molar-refractivity contribution in [3.63, 3.8) is 0 Å². The van der Waals surface area contributed by atoms with Gasteiger partial charge in [-0.25, -0.2) is 0 Å². The predicted molar refractivity (Wildman–Crippen MR) is 64.4 cm³/mol. The van der Waals surface area contributed by atoms with Crippen LogP contribution in [-0.4, -0.2) is 22.9 Å². The fraction of sp³-hybridized carbons (Fsp3) is 0.571. The van der Waals surface area contributed by atoms with Crippen molar-refractivity contribution in [3.8, 4) is 0 Å². The molecule has 0 spiro atoms. The van der Waals surface area contributed by atoms with Gasteiger partial charge in [-0.15, -0.1) is 0 Å². The Kier molecular flexibility index (Phi) is 3.97. The van der Waals surface area contributed by atoms with Crippen LogP contribution in [0.1, 0.15) is 42.7 Å². The number of aliphatic hydroxyl groups is 2. The molecule has 2 rings (SSSR count). The van der Waals surface area contributed by atoms with E-state index in [1.807, 2.05) is 0 Å². The zero-order chi connectivity index (χ0) is 11.4. The summed E-state index contributed by atoms with van der Waals surface area (Å²) in [6.07, 6.45) is 4.79. The molecule has 0 bridgehead atoms. The van der Waals surface area contributed by atoms with Crippen LogP contribution in [0.15, 0.2) is 24.3 Å². The molecule has 1 aliphatic rings. The summed E-state index contributed by atoms with van der Waals surface area (Å²) in [6.45, 7) is 0.210. The molecule has 0 aliphatic heterocycles. The molecule has 1 saturated carbocycles. The average Bonchev–Trinajstić information content (AvgIpc) is 2.30. The maximum absolute atomic E-state index is 9.65. The van der Waals surface area contributed by atoms with Gasteiger partial charge in [-0.1, -0.05) is 30.7 Å². The number of benzene rings is 1. The van der Waals surface area contributed by atoms with Crippen molar-refractivity contribution in [2.45, 2.75) is 44.1 Å². The highest BCUT2D eigenvalue weighted by molar-refractivity contribution is 5.26. The van der Waals surface area contributed by atoms with Gasteiger partial charge in [-0.3, -0.25) is 0 Å². The topological polar surface area (TPSA) is 40.5 Å². The number of hydrogen-bond acceptors (Lipinski definition) is 2. The maximum Gasteiger partial charge on any atom is 0.0546 e. The third kappa shape index (κ3) is 2.83. The van der Waals surface area contributed by atoms with E-state index in [0.717, 1.165) is 25.7 Å². The highest BCUT2D eigenvalue weighted by atomic mass is 16.3. The molecule has 0 heterocycles. The summed E-state index contributed by atoms with van der Waals surface area (Å²) in [5.74, 6) is 0.520. The van der Waals surface area contributed by atoms with Gasteiger partial charge in [0, 0.05) is 6.61 Å². The van der Waals surface area contributed by atoms with Crippen molar-refractivity contribution in [2.75, 3.05) is 6.61 Å². The molecule has 16 heavy (non-hydrogen) atoms. The Hall–Kier alpha value is -0.860. The van der Waals surface area contributed by atoms with E-state index < -0.39 is 0 Å². The third-order valence-electron chi connectivity index (χ3n) is 3.50. The lowest BCUT2D eigenvalue weighted by atomic mass is 9.82. The molecular formula is C14H20O2. The smallest absolute Gasteiger partial charge is 0.0546 e. The molecule has 0 radical (unpaired) electrons. The zero-order valence-electron chi connectivity index (χ0n) is 9.60. The summed E-state index contributed by atoms with van der Waals surface area (Å²) in [6, 6.07) is 8.47. The van der Waals surface area contributed by atoms with E-state index in [-0.39, 0.29) is 12.7 Å². The zero-order valence-corrected chi connectivity index (χ0v) is 9.60. The summed E-state index contributed by atoms with van der Waals surface area (Å²) >= 11 is 0. The van der Waals surface area contributed by atoms with Gasteiger partial charge in [0.1, 0.15) is 0 Å². The Labute approximate surface area is 96.9 Å². The lowest BCUT2D eigenvalue weighted by Crippen LogP contribution is -2.18. The van der Waals surface area contributed by atoms with Gasteiger partial charge in [-0.2, -0.15) is 0 Å². The first-order valence-corrected chi connectivity index (χ1v) is 6.17. The van der Waals surface area contributed by atoms with E-state index in [9.17, 15) is 5.11 Å². The van der Waals surface area contributed by atoms with E-state index in [4.69, 9.17) is 5.11 Å². The van der Waals surface area contributed by atoms with Gasteiger partial charge in [-0.05, 0) is 42.7 Å². The van der Waals surface area contributed by atoms with Crippen LogP contribution in [0.5, 0.6) is 0 Å². The van der Waals surface area contributed by atoms with Gasteiger partial charge < -0.3 is 10.2 Å². The van der Waals surface area contributed by atoms with Crippen LogP contribution >= 0.6 is 0 Å². The summed E-state index contributed by atoms with van der Waals surface area (Å²) < 4.78 is 0. The molecule has 2 heteroatoms. The number of rotatable bonds is 3. The average molecular weight is 220 g/mol. The molecule has 0 unspecified atom stereocenters. The predicted octanol–water partition coefficient (Wildman–Crippen LogP) is 2.24. The molecule has 2 nitrogen and oxygen atoms in total. The number of hydrogen-bond donors (Lipinski definition) is 2. The Morgan fingerprint density at radius 2 is 1.88 bits per heavy atom. The minimum atomic E-state index is -0.115. The number of aliphatic hydroxyl groups excluding tert-OH is 2. The monoisotopic (exact) mass is 220 g/mol. The Morgan fingerprint density at radius 3 is 2.50 bits per heavy atom. The first kappa shape index (κ1) is 11.6. The molecule has 0 aromatic heterocycles. The fourth-order valence-corrected chi connectivity index (χ4v) is 2.55. The van der Waals surface area contributed by atoms with Crippen molar-refractivity contribution in [1.29, 1.82) is 0 Å². The second-order valence-electron chi connectivity index (χ2n) is 4.73. The van der Waals surface area contributed by atoms with Crippen LogP contribution in [0.25, 0.3) is 0 Å². The van der Waals surface area contributed by atoms with Crippen molar-refractivity contribution in [3.05, 3.63) is 35.4 Å². The van der Waals surface area contributed by atoms with Gasteiger partial charge in [0.25, 0.3) is 0 Å². The van der Waals surface area contributed by atoms with E-state index in [1.165, 1.54) is 17.5 Å². The third-order valence-corrected chi connectivity index (χ3v) is 3.50. The standard InChI is InChI=1S/C14H20O2/c15-9-8-11-4-6-12(7-5-11)13-2-1-3-14(16)10-13/h4-7,13-16H,1-3,8-10H2/t13-,14-/m1/s1. The van der Waals surface area contributed by atoms with Crippen molar-refractivity contribution in [2.24, 2.45) is 0 Å². The molecule has 88 valence electrons. The van der Waals surface area contributed by atoms with Crippen LogP contribution < -0.4 is 0 Å². The van der Waals surface area contributed by atoms with E-state index >= 15 is 0 Å². The molecule has 0 amide bonds. The van der Waals surface area contributed by atoms with Gasteiger partial charge >= 0.3 is 0 Å². The first-order chi connectivity index (χ1) is 7.79. The Morgan fingerprint density at radius 1 is 1.12 bits per heavy atom. The molecule has 0 saturated heterocycles. The van der Waals surface area contributed by atoms with Crippen LogP contribution in [0, 0.1) is 0 Å². The maximum atomic E-state index is 9.65. The summed E-state index contributed by atoms with van der Waals surface area (Å²) in [5, 5.41) is 18.5. The minimum Gasteiger partial charge on any atom is -0.396 e. The van der Waals surface area contributed by atoms with Crippen LogP contribution in [0.2, 0.25) is 0 Å². The quantitative estimate of drug-likeness (QED) is 0.820. The van der Waals surface area contributed by atoms with Gasteiger partial charge in [0.15, 0.2) is 0 Å². The fourth-order valence-electron chi connectivity index (χ4n) is 2.55. The lowest BCUT2D eigenvalue weighted by Gasteiger charge is -2.26. The molecule has 1 aromatic rings. The highest BCUT2D eigenvalue weighted by Gasteiger charge is 2.21. The molecule has 2 atom stereocenters. The van der Waals surface area contributed by atoms with E-state index in [1.54, 1.807) is 0 Å². The van der Waals surface area contributed by atoms with E-state index in [0.29, 0.717) is 5.92 Å². The van der Waals surface area contributed by atoms with Crippen LogP contribution in [-0.2, 0) is 6.42 Å². The highest BCUT2D eigenvalue weighted by Crippen LogP contribution is 2.32. The minimum absolute atomic E-state index is 0.115. The Bertz CT molecular complexity index is 318. The Balaban J connectivity index is 2.03. The molecule has 1 aliphatic carbocycles. The van der Waals surface area contributed by atoms with Crippen molar-refractivity contribution < 1.29 is 10.2 Å². The van der Waals surface area contributed by atoms with E-state index in [2.05, 4.69) is 24.3 Å². The van der Waals surface area contributed by atoms with Crippen molar-refractivity contribution >= 4 is 0 Å². The molecule has 1 fully saturated rings. The second kappa shape index (κ2) is 5.46. The molecule has 2 N–H and O–H groups in total. The summed E-state index contributed by atoms with van der Waals surface area (Å²) in [5.41, 5.74) is 2.52. The van der Waals surface area contributed by atoms with Crippen molar-refractivity contribution in [1.82, 2.24) is 0 Å². The normalized spacial score (nSPS) is 25.6. The van der Waals surface area contributed by atoms with Gasteiger partial charge in [0.05, 0.1) is 6.10 Å². The molecule has 1 aromatic carbocycles. The summed E-state index contributed by atoms with van der Waals surface area (Å²) in [4.78, 5) is 0. The van der Waals surface area contributed by atoms with Crippen LogP contribution in [0.3, 0.4) is 0 Å². The molecular weight excluding hydrogens is 200 g/mol. The van der Waals surface area contributed by atoms with Crippen LogP contribution in [0.4, 0.5) is 0 Å². The summed E-state index contributed by atoms with van der Waals surface area (Å²) in [7, 11) is 0. The second-order valence-corrected chi connectivity index (χ2v) is 4.73. The first-order valence-electron chi connectivity index (χ1n) is 6.17. The van der Waals surface area contributed by atoms with Gasteiger partial charge in [0.2, 0.25) is 0 Å². The SMILES string of the molecule is OCCc1ccc([C@@H]2CCC[C@@H](O)C2)cc1. The lowest BCUT2D eigenvalue weighted by molar-refractivity contribution is 0.119. The largest absolute Gasteiger partial charge is 0.396 e.